The molecule has 2 aliphatic rings. The second-order valence-corrected chi connectivity index (χ2v) is 7.26. The Hall–Kier alpha value is -0.610. The second-order valence-electron chi connectivity index (χ2n) is 7.26. The molecule has 1 aliphatic heterocycles. The summed E-state index contributed by atoms with van der Waals surface area (Å²) in [4.78, 5) is 16.8. The largest absolute Gasteiger partial charge is 0.480 e. The number of rotatable bonds is 3. The lowest BCUT2D eigenvalue weighted by Crippen LogP contribution is -2.66. The topological polar surface area (TPSA) is 43.8 Å². The van der Waals surface area contributed by atoms with Crippen LogP contribution in [0, 0.1) is 17.8 Å². The highest BCUT2D eigenvalue weighted by atomic mass is 16.4. The summed E-state index contributed by atoms with van der Waals surface area (Å²) < 4.78 is 0. The van der Waals surface area contributed by atoms with Gasteiger partial charge in [-0.05, 0) is 37.6 Å². The van der Waals surface area contributed by atoms with Crippen molar-refractivity contribution in [2.24, 2.45) is 17.8 Å². The zero-order chi connectivity index (χ0) is 14.9. The second kappa shape index (κ2) is 6.02. The van der Waals surface area contributed by atoms with Gasteiger partial charge in [0.05, 0.1) is 0 Å². The van der Waals surface area contributed by atoms with Crippen molar-refractivity contribution in [3.8, 4) is 0 Å². The van der Waals surface area contributed by atoms with Crippen LogP contribution in [-0.2, 0) is 4.79 Å². The Morgan fingerprint density at radius 3 is 2.30 bits per heavy atom. The molecule has 2 rings (SSSR count). The molecule has 116 valence electrons. The maximum Gasteiger partial charge on any atom is 0.324 e. The molecule has 0 amide bonds. The Bertz CT molecular complexity index is 350. The van der Waals surface area contributed by atoms with Gasteiger partial charge in [-0.15, -0.1) is 0 Å². The smallest absolute Gasteiger partial charge is 0.324 e. The van der Waals surface area contributed by atoms with Crippen LogP contribution in [0.5, 0.6) is 0 Å². The van der Waals surface area contributed by atoms with E-state index in [1.807, 2.05) is 0 Å². The molecule has 0 radical (unpaired) electrons. The van der Waals surface area contributed by atoms with Crippen molar-refractivity contribution in [1.29, 1.82) is 0 Å². The van der Waals surface area contributed by atoms with Crippen LogP contribution >= 0.6 is 0 Å². The van der Waals surface area contributed by atoms with Crippen molar-refractivity contribution in [2.75, 3.05) is 33.2 Å². The fourth-order valence-electron chi connectivity index (χ4n) is 4.32. The first-order valence-electron chi connectivity index (χ1n) is 8.05. The van der Waals surface area contributed by atoms with Crippen LogP contribution in [0.4, 0.5) is 0 Å². The number of carbonyl (C=O) groups is 1. The zero-order valence-corrected chi connectivity index (χ0v) is 13.4. The van der Waals surface area contributed by atoms with E-state index in [9.17, 15) is 9.90 Å². The molecule has 0 spiro atoms. The molecular formula is C16H30N2O2. The maximum atomic E-state index is 12.3. The van der Waals surface area contributed by atoms with Crippen LogP contribution < -0.4 is 0 Å². The summed E-state index contributed by atoms with van der Waals surface area (Å²) in [5.41, 5.74) is -0.632. The van der Waals surface area contributed by atoms with E-state index in [4.69, 9.17) is 0 Å². The molecule has 0 bridgehead atoms. The average Bonchev–Trinajstić information content (AvgIpc) is 2.38. The summed E-state index contributed by atoms with van der Waals surface area (Å²) in [6.07, 6.45) is 3.04. The van der Waals surface area contributed by atoms with E-state index in [1.54, 1.807) is 0 Å². The third-order valence-corrected chi connectivity index (χ3v) is 5.49. The lowest BCUT2D eigenvalue weighted by molar-refractivity contribution is -0.165. The quantitative estimate of drug-likeness (QED) is 0.861. The first kappa shape index (κ1) is 15.8. The lowest BCUT2D eigenvalue weighted by Gasteiger charge is -2.53. The van der Waals surface area contributed by atoms with Gasteiger partial charge < -0.3 is 10.0 Å². The molecule has 4 nitrogen and oxygen atoms in total. The maximum absolute atomic E-state index is 12.3. The third kappa shape index (κ3) is 2.73. The lowest BCUT2D eigenvalue weighted by atomic mass is 9.64. The molecule has 3 atom stereocenters. The Kier molecular flexibility index (Phi) is 4.75. The predicted octanol–water partition coefficient (Wildman–Crippen LogP) is 2.15. The van der Waals surface area contributed by atoms with E-state index in [1.165, 1.54) is 6.42 Å². The number of carboxylic acid groups (broad SMARTS) is 1. The fraction of sp³-hybridized carbons (Fsp3) is 0.938. The predicted molar refractivity (Wildman–Crippen MR) is 80.8 cm³/mol. The molecule has 0 aromatic rings. The average molecular weight is 282 g/mol. The van der Waals surface area contributed by atoms with Crippen molar-refractivity contribution in [2.45, 2.75) is 45.6 Å². The van der Waals surface area contributed by atoms with Gasteiger partial charge in [0, 0.05) is 26.2 Å². The van der Waals surface area contributed by atoms with Crippen molar-refractivity contribution < 1.29 is 9.90 Å². The number of hydrogen-bond donors (Lipinski definition) is 1. The summed E-state index contributed by atoms with van der Waals surface area (Å²) in [7, 11) is 2.12. The fourth-order valence-corrected chi connectivity index (χ4v) is 4.32. The number of likely N-dealkylation sites (N-methyl/N-ethyl adjacent to an activating group) is 1. The minimum absolute atomic E-state index is 0.277. The standard InChI is InChI=1S/C16H30N2O2/c1-12(2)14-6-5-13(3)11-16(14,15(19)20)18-9-7-17(4)8-10-18/h12-14H,5-11H2,1-4H3,(H,19,20). The zero-order valence-electron chi connectivity index (χ0n) is 13.4. The summed E-state index contributed by atoms with van der Waals surface area (Å²) >= 11 is 0. The van der Waals surface area contributed by atoms with Crippen LogP contribution in [0.25, 0.3) is 0 Å². The Morgan fingerprint density at radius 2 is 1.80 bits per heavy atom. The van der Waals surface area contributed by atoms with Crippen LogP contribution in [0.15, 0.2) is 0 Å². The van der Waals surface area contributed by atoms with Gasteiger partial charge >= 0.3 is 5.97 Å². The van der Waals surface area contributed by atoms with Crippen molar-refractivity contribution in [1.82, 2.24) is 9.80 Å². The molecule has 4 heteroatoms. The Labute approximate surface area is 123 Å². The number of carboxylic acids is 1. The van der Waals surface area contributed by atoms with Gasteiger partial charge in [0.1, 0.15) is 5.54 Å². The Balaban J connectivity index is 2.31. The van der Waals surface area contributed by atoms with Gasteiger partial charge in [-0.3, -0.25) is 9.69 Å². The molecule has 1 saturated carbocycles. The molecule has 20 heavy (non-hydrogen) atoms. The normalized spacial score (nSPS) is 37.2. The minimum atomic E-state index is -0.632. The van der Waals surface area contributed by atoms with Crippen molar-refractivity contribution in [3.63, 3.8) is 0 Å². The highest BCUT2D eigenvalue weighted by Gasteiger charge is 2.54. The van der Waals surface area contributed by atoms with E-state index in [0.717, 1.165) is 39.0 Å². The molecule has 1 N–H and O–H groups in total. The molecule has 1 saturated heterocycles. The third-order valence-electron chi connectivity index (χ3n) is 5.49. The Morgan fingerprint density at radius 1 is 1.20 bits per heavy atom. The van der Waals surface area contributed by atoms with Gasteiger partial charge in [0.15, 0.2) is 0 Å². The van der Waals surface area contributed by atoms with Gasteiger partial charge in [0.25, 0.3) is 0 Å². The number of nitrogens with zero attached hydrogens (tertiary/aromatic N) is 2. The molecule has 0 aromatic heterocycles. The molecule has 3 unspecified atom stereocenters. The molecule has 1 heterocycles. The van der Waals surface area contributed by atoms with E-state index in [0.29, 0.717) is 11.8 Å². The molecule has 1 aliphatic carbocycles. The summed E-state index contributed by atoms with van der Waals surface area (Å²) in [5.74, 6) is 0.630. The van der Waals surface area contributed by atoms with E-state index < -0.39 is 11.5 Å². The van der Waals surface area contributed by atoms with Gasteiger partial charge in [-0.2, -0.15) is 0 Å². The van der Waals surface area contributed by atoms with Crippen LogP contribution in [0.2, 0.25) is 0 Å². The number of hydrogen-bond acceptors (Lipinski definition) is 3. The molecular weight excluding hydrogens is 252 g/mol. The van der Waals surface area contributed by atoms with Crippen LogP contribution in [-0.4, -0.2) is 59.6 Å². The van der Waals surface area contributed by atoms with Gasteiger partial charge in [-0.25, -0.2) is 0 Å². The summed E-state index contributed by atoms with van der Waals surface area (Å²) in [5, 5.41) is 10.1. The van der Waals surface area contributed by atoms with Crippen molar-refractivity contribution >= 4 is 5.97 Å². The summed E-state index contributed by atoms with van der Waals surface area (Å²) in [6.45, 7) is 10.3. The van der Waals surface area contributed by atoms with E-state index >= 15 is 0 Å². The highest BCUT2D eigenvalue weighted by molar-refractivity contribution is 5.79. The summed E-state index contributed by atoms with van der Waals surface area (Å²) in [6, 6.07) is 0. The molecule has 0 aromatic carbocycles. The minimum Gasteiger partial charge on any atom is -0.480 e. The van der Waals surface area contributed by atoms with E-state index in [2.05, 4.69) is 37.6 Å². The molecule has 2 fully saturated rings. The van der Waals surface area contributed by atoms with Crippen LogP contribution in [0.3, 0.4) is 0 Å². The van der Waals surface area contributed by atoms with Gasteiger partial charge in [0.2, 0.25) is 0 Å². The first-order valence-corrected chi connectivity index (χ1v) is 8.05. The SMILES string of the molecule is CC1CCC(C(C)C)C(C(=O)O)(N2CCN(C)CC2)C1. The first-order chi connectivity index (χ1) is 9.37. The van der Waals surface area contributed by atoms with Crippen molar-refractivity contribution in [3.05, 3.63) is 0 Å². The number of aliphatic carboxylic acids is 1. The highest BCUT2D eigenvalue weighted by Crippen LogP contribution is 2.45. The number of piperazine rings is 1. The van der Waals surface area contributed by atoms with E-state index in [-0.39, 0.29) is 5.92 Å². The monoisotopic (exact) mass is 282 g/mol. The van der Waals surface area contributed by atoms with Gasteiger partial charge in [-0.1, -0.05) is 27.2 Å². The van der Waals surface area contributed by atoms with Crippen LogP contribution in [0.1, 0.15) is 40.0 Å².